The minimum Gasteiger partial charge on any atom is -0.494 e. The molecule has 4 aromatic rings. The summed E-state index contributed by atoms with van der Waals surface area (Å²) in [6.45, 7) is 0.171. The molecule has 3 aromatic heterocycles. The van der Waals surface area contributed by atoms with Crippen molar-refractivity contribution in [1.29, 1.82) is 0 Å². The standard InChI is InChI=1S/C19H17N5O2S2/c1-24(19-23-17-14(26-2)6-3-7-15(17)28-19)10-16(25)22-18-21-13(11-27-18)12-5-4-8-20-9-12/h3-9,11H,10H2,1-2H3,(H,21,22,25). The van der Waals surface area contributed by atoms with Crippen LogP contribution in [0.4, 0.5) is 10.3 Å². The number of carbonyl (C=O) groups excluding carboxylic acids is 1. The van der Waals surface area contributed by atoms with Crippen molar-refractivity contribution in [2.75, 3.05) is 30.9 Å². The van der Waals surface area contributed by atoms with Crippen LogP contribution in [0, 0.1) is 0 Å². The van der Waals surface area contributed by atoms with Gasteiger partial charge in [-0.1, -0.05) is 17.4 Å². The number of hydrogen-bond donors (Lipinski definition) is 1. The maximum absolute atomic E-state index is 12.4. The molecular weight excluding hydrogens is 394 g/mol. The smallest absolute Gasteiger partial charge is 0.245 e. The minimum absolute atomic E-state index is 0.152. The Morgan fingerprint density at radius 1 is 1.25 bits per heavy atom. The average Bonchev–Trinajstić information content (AvgIpc) is 3.35. The number of para-hydroxylation sites is 1. The molecule has 0 aliphatic rings. The number of amides is 1. The summed E-state index contributed by atoms with van der Waals surface area (Å²) in [4.78, 5) is 27.4. The van der Waals surface area contributed by atoms with Crippen molar-refractivity contribution in [1.82, 2.24) is 15.0 Å². The first-order valence-corrected chi connectivity index (χ1v) is 10.1. The summed E-state index contributed by atoms with van der Waals surface area (Å²) in [5.74, 6) is 0.573. The SMILES string of the molecule is COc1cccc2sc(N(C)CC(=O)Nc3nc(-c4cccnc4)cs3)nc12. The van der Waals surface area contributed by atoms with Gasteiger partial charge in [0.25, 0.3) is 0 Å². The van der Waals surface area contributed by atoms with E-state index in [1.807, 2.05) is 47.7 Å². The van der Waals surface area contributed by atoms with E-state index in [0.717, 1.165) is 32.4 Å². The number of anilines is 2. The van der Waals surface area contributed by atoms with Crippen LogP contribution >= 0.6 is 22.7 Å². The molecule has 0 aliphatic heterocycles. The number of benzene rings is 1. The van der Waals surface area contributed by atoms with Gasteiger partial charge in [-0.3, -0.25) is 9.78 Å². The molecule has 0 spiro atoms. The molecule has 1 aromatic carbocycles. The van der Waals surface area contributed by atoms with E-state index in [4.69, 9.17) is 4.74 Å². The number of thiazole rings is 2. The highest BCUT2D eigenvalue weighted by Gasteiger charge is 2.15. The molecular formula is C19H17N5O2S2. The quantitative estimate of drug-likeness (QED) is 0.518. The third-order valence-corrected chi connectivity index (χ3v) is 5.90. The Bertz CT molecular complexity index is 1110. The Hall–Kier alpha value is -3.04. The van der Waals surface area contributed by atoms with Gasteiger partial charge >= 0.3 is 0 Å². The van der Waals surface area contributed by atoms with Gasteiger partial charge < -0.3 is 15.0 Å². The zero-order chi connectivity index (χ0) is 19.5. The third-order valence-electron chi connectivity index (χ3n) is 4.01. The Balaban J connectivity index is 1.43. The van der Waals surface area contributed by atoms with Crippen LogP contribution in [0.25, 0.3) is 21.5 Å². The summed E-state index contributed by atoms with van der Waals surface area (Å²) >= 11 is 2.90. The number of hydrogen-bond acceptors (Lipinski definition) is 8. The fourth-order valence-electron chi connectivity index (χ4n) is 2.66. The molecule has 0 radical (unpaired) electrons. The summed E-state index contributed by atoms with van der Waals surface area (Å²) in [5, 5.41) is 6.06. The summed E-state index contributed by atoms with van der Waals surface area (Å²) in [6.07, 6.45) is 3.46. The number of methoxy groups -OCH3 is 1. The molecule has 0 saturated carbocycles. The van der Waals surface area contributed by atoms with Crippen LogP contribution in [-0.4, -0.2) is 41.6 Å². The van der Waals surface area contributed by atoms with Gasteiger partial charge in [0.05, 0.1) is 24.0 Å². The Kier molecular flexibility index (Phi) is 5.18. The number of carbonyl (C=O) groups is 1. The number of fused-ring (bicyclic) bond motifs is 1. The number of pyridine rings is 1. The number of rotatable bonds is 6. The van der Waals surface area contributed by atoms with Crippen LogP contribution in [0.15, 0.2) is 48.1 Å². The van der Waals surface area contributed by atoms with Gasteiger partial charge in [0, 0.05) is 30.4 Å². The van der Waals surface area contributed by atoms with Crippen LogP contribution in [0.2, 0.25) is 0 Å². The first-order valence-electron chi connectivity index (χ1n) is 8.44. The highest BCUT2D eigenvalue weighted by molar-refractivity contribution is 7.22. The maximum Gasteiger partial charge on any atom is 0.245 e. The number of likely N-dealkylation sites (N-methyl/N-ethyl adjacent to an activating group) is 1. The summed E-state index contributed by atoms with van der Waals surface area (Å²) < 4.78 is 6.37. The molecule has 4 rings (SSSR count). The second-order valence-electron chi connectivity index (χ2n) is 5.99. The lowest BCUT2D eigenvalue weighted by molar-refractivity contribution is -0.114. The number of nitrogens with zero attached hydrogens (tertiary/aromatic N) is 4. The van der Waals surface area contributed by atoms with Gasteiger partial charge in [-0.25, -0.2) is 9.97 Å². The summed E-state index contributed by atoms with van der Waals surface area (Å²) in [6, 6.07) is 9.58. The Morgan fingerprint density at radius 3 is 2.93 bits per heavy atom. The van der Waals surface area contributed by atoms with Crippen molar-refractivity contribution < 1.29 is 9.53 Å². The van der Waals surface area contributed by atoms with Gasteiger partial charge in [0.1, 0.15) is 11.3 Å². The van der Waals surface area contributed by atoms with Crippen LogP contribution in [0.3, 0.4) is 0 Å². The van der Waals surface area contributed by atoms with E-state index >= 15 is 0 Å². The lowest BCUT2D eigenvalue weighted by atomic mass is 10.2. The molecule has 0 fully saturated rings. The van der Waals surface area contributed by atoms with E-state index < -0.39 is 0 Å². The van der Waals surface area contributed by atoms with Gasteiger partial charge in [0.2, 0.25) is 5.91 Å². The first kappa shape index (κ1) is 18.3. The highest BCUT2D eigenvalue weighted by atomic mass is 32.1. The molecule has 3 heterocycles. The van der Waals surface area contributed by atoms with Crippen molar-refractivity contribution in [2.45, 2.75) is 0 Å². The van der Waals surface area contributed by atoms with E-state index in [1.54, 1.807) is 19.5 Å². The van der Waals surface area contributed by atoms with Crippen molar-refractivity contribution in [3.63, 3.8) is 0 Å². The number of nitrogens with one attached hydrogen (secondary N) is 1. The molecule has 1 amide bonds. The molecule has 1 N–H and O–H groups in total. The first-order chi connectivity index (χ1) is 13.6. The second-order valence-corrected chi connectivity index (χ2v) is 7.85. The van der Waals surface area contributed by atoms with Crippen molar-refractivity contribution in [3.05, 3.63) is 48.1 Å². The molecule has 142 valence electrons. The largest absolute Gasteiger partial charge is 0.494 e. The molecule has 28 heavy (non-hydrogen) atoms. The van der Waals surface area contributed by atoms with E-state index in [0.29, 0.717) is 5.13 Å². The van der Waals surface area contributed by atoms with Crippen LogP contribution in [0.5, 0.6) is 5.75 Å². The Labute approximate surface area is 169 Å². The molecule has 0 unspecified atom stereocenters. The molecule has 0 aliphatic carbocycles. The Morgan fingerprint density at radius 2 is 2.14 bits per heavy atom. The van der Waals surface area contributed by atoms with Crippen molar-refractivity contribution >= 4 is 49.1 Å². The van der Waals surface area contributed by atoms with Crippen LogP contribution < -0.4 is 15.0 Å². The van der Waals surface area contributed by atoms with Crippen LogP contribution in [0.1, 0.15) is 0 Å². The summed E-state index contributed by atoms with van der Waals surface area (Å²) in [7, 11) is 3.46. The van der Waals surface area contributed by atoms with Gasteiger partial charge in [-0.15, -0.1) is 11.3 Å². The zero-order valence-corrected chi connectivity index (χ0v) is 16.9. The van der Waals surface area contributed by atoms with E-state index in [2.05, 4.69) is 20.3 Å². The molecule has 0 bridgehead atoms. The van der Waals surface area contributed by atoms with Gasteiger partial charge in [-0.05, 0) is 24.3 Å². The van der Waals surface area contributed by atoms with Gasteiger partial charge in [-0.2, -0.15) is 0 Å². The molecule has 0 saturated heterocycles. The van der Waals surface area contributed by atoms with Gasteiger partial charge in [0.15, 0.2) is 10.3 Å². The lowest BCUT2D eigenvalue weighted by Gasteiger charge is -2.14. The van der Waals surface area contributed by atoms with E-state index in [9.17, 15) is 4.79 Å². The van der Waals surface area contributed by atoms with E-state index in [-0.39, 0.29) is 12.5 Å². The third kappa shape index (κ3) is 3.80. The fraction of sp³-hybridized carbons (Fsp3) is 0.158. The number of ether oxygens (including phenoxy) is 1. The monoisotopic (exact) mass is 411 g/mol. The minimum atomic E-state index is -0.152. The van der Waals surface area contributed by atoms with E-state index in [1.165, 1.54) is 22.7 Å². The lowest BCUT2D eigenvalue weighted by Crippen LogP contribution is -2.29. The van der Waals surface area contributed by atoms with Crippen molar-refractivity contribution in [3.8, 4) is 17.0 Å². The second kappa shape index (κ2) is 7.91. The molecule has 9 heteroatoms. The topological polar surface area (TPSA) is 80.2 Å². The average molecular weight is 412 g/mol. The predicted octanol–water partition coefficient (Wildman–Crippen LogP) is 3.90. The molecule has 0 atom stereocenters. The zero-order valence-electron chi connectivity index (χ0n) is 15.2. The predicted molar refractivity (Wildman–Crippen MR) is 113 cm³/mol. The summed E-state index contributed by atoms with van der Waals surface area (Å²) in [5.41, 5.74) is 2.51. The molecule has 7 nitrogen and oxygen atoms in total. The maximum atomic E-state index is 12.4. The normalized spacial score (nSPS) is 10.8. The fourth-order valence-corrected chi connectivity index (χ4v) is 4.34. The van der Waals surface area contributed by atoms with Crippen molar-refractivity contribution in [2.24, 2.45) is 0 Å². The van der Waals surface area contributed by atoms with Crippen LogP contribution in [-0.2, 0) is 4.79 Å². The number of aromatic nitrogens is 3. The highest BCUT2D eigenvalue weighted by Crippen LogP contribution is 2.33.